The molecule has 0 spiro atoms. The van der Waals surface area contributed by atoms with Crippen LogP contribution >= 0.6 is 0 Å². The number of aliphatic imine (C=N–C) groups is 1. The van der Waals surface area contributed by atoms with Crippen LogP contribution in [-0.4, -0.2) is 12.3 Å². The summed E-state index contributed by atoms with van der Waals surface area (Å²) >= 11 is 0. The Hall–Kier alpha value is -0.330. The van der Waals surface area contributed by atoms with Crippen molar-refractivity contribution >= 4 is 5.71 Å². The first-order valence-corrected chi connectivity index (χ1v) is 2.97. The van der Waals surface area contributed by atoms with Crippen LogP contribution in [0.25, 0.3) is 0 Å². The third-order valence-corrected chi connectivity index (χ3v) is 1.94. The van der Waals surface area contributed by atoms with Crippen molar-refractivity contribution in [3.8, 4) is 0 Å². The highest BCUT2D eigenvalue weighted by Gasteiger charge is 2.24. The summed E-state index contributed by atoms with van der Waals surface area (Å²) in [6, 6.07) is 0. The maximum absolute atomic E-state index is 4.32. The van der Waals surface area contributed by atoms with Gasteiger partial charge in [-0.2, -0.15) is 0 Å². The van der Waals surface area contributed by atoms with E-state index in [1.165, 1.54) is 25.0 Å². The van der Waals surface area contributed by atoms with Gasteiger partial charge in [-0.3, -0.25) is 4.99 Å². The first-order valence-electron chi connectivity index (χ1n) is 2.97. The van der Waals surface area contributed by atoms with Gasteiger partial charge in [0.1, 0.15) is 0 Å². The van der Waals surface area contributed by atoms with Crippen LogP contribution in [0.3, 0.4) is 0 Å². The van der Waals surface area contributed by atoms with E-state index in [0.29, 0.717) is 0 Å². The van der Waals surface area contributed by atoms with Crippen LogP contribution in [0.15, 0.2) is 4.99 Å². The zero-order valence-corrected chi connectivity index (χ0v) is 4.35. The number of hydrogen-bond acceptors (Lipinski definition) is 1. The van der Waals surface area contributed by atoms with E-state index in [4.69, 9.17) is 0 Å². The lowest BCUT2D eigenvalue weighted by Crippen LogP contribution is -1.93. The largest absolute Gasteiger partial charge is 0.294 e. The first kappa shape index (κ1) is 3.65. The second-order valence-corrected chi connectivity index (χ2v) is 2.52. The van der Waals surface area contributed by atoms with Crippen molar-refractivity contribution in [1.29, 1.82) is 0 Å². The zero-order valence-electron chi connectivity index (χ0n) is 4.35. The summed E-state index contributed by atoms with van der Waals surface area (Å²) < 4.78 is 0. The highest BCUT2D eigenvalue weighted by molar-refractivity contribution is 5.88. The minimum absolute atomic E-state index is 0.968. The average Bonchev–Trinajstić information content (AvgIpc) is 2.22. The molecule has 1 nitrogen and oxygen atoms in total. The number of hydrogen-bond donors (Lipinski definition) is 0. The van der Waals surface area contributed by atoms with Gasteiger partial charge in [-0.05, 0) is 25.2 Å². The van der Waals surface area contributed by atoms with E-state index in [-0.39, 0.29) is 0 Å². The summed E-state index contributed by atoms with van der Waals surface area (Å²) in [5.74, 6) is 0.968. The molecule has 0 aromatic heterocycles. The standard InChI is InChI=1S/C6H9N/c1-2-6-3-5(1)4-7-6/h5H,1-4H2. The van der Waals surface area contributed by atoms with E-state index >= 15 is 0 Å². The molecule has 0 aromatic carbocycles. The third-order valence-electron chi connectivity index (χ3n) is 1.94. The van der Waals surface area contributed by atoms with Crippen molar-refractivity contribution in [2.24, 2.45) is 10.9 Å². The summed E-state index contributed by atoms with van der Waals surface area (Å²) in [5, 5.41) is 0. The Labute approximate surface area is 43.4 Å². The number of fused-ring (bicyclic) bond motifs is 2. The molecule has 0 amide bonds. The fraction of sp³-hybridized carbons (Fsp3) is 0.833. The summed E-state index contributed by atoms with van der Waals surface area (Å²) in [7, 11) is 0. The molecule has 1 unspecified atom stereocenters. The Morgan fingerprint density at radius 3 is 2.71 bits per heavy atom. The smallest absolute Gasteiger partial charge is 0.0420 e. The van der Waals surface area contributed by atoms with Gasteiger partial charge in [0.15, 0.2) is 0 Å². The number of rotatable bonds is 0. The molecule has 1 saturated carbocycles. The van der Waals surface area contributed by atoms with Crippen molar-refractivity contribution < 1.29 is 0 Å². The lowest BCUT2D eigenvalue weighted by atomic mass is 10.1. The maximum Gasteiger partial charge on any atom is 0.0420 e. The van der Waals surface area contributed by atoms with Gasteiger partial charge in [-0.15, -0.1) is 0 Å². The predicted molar refractivity (Wildman–Crippen MR) is 29.6 cm³/mol. The summed E-state index contributed by atoms with van der Waals surface area (Å²) in [5.41, 5.74) is 1.49. The minimum atomic E-state index is 0.968. The molecule has 1 aliphatic heterocycles. The van der Waals surface area contributed by atoms with Crippen molar-refractivity contribution in [3.63, 3.8) is 0 Å². The summed E-state index contributed by atoms with van der Waals surface area (Å²) in [6.07, 6.45) is 4.07. The molecule has 0 aromatic rings. The van der Waals surface area contributed by atoms with E-state index in [9.17, 15) is 0 Å². The van der Waals surface area contributed by atoms with Crippen LogP contribution in [0.2, 0.25) is 0 Å². The Balaban J connectivity index is 2.30. The second-order valence-electron chi connectivity index (χ2n) is 2.52. The predicted octanol–water partition coefficient (Wildman–Crippen LogP) is 1.24. The SMILES string of the molecule is C1CC2CN=C1C2. The maximum atomic E-state index is 4.32. The van der Waals surface area contributed by atoms with E-state index in [1.54, 1.807) is 0 Å². The van der Waals surface area contributed by atoms with Gasteiger partial charge in [0.25, 0.3) is 0 Å². The molecular formula is C6H9N. The van der Waals surface area contributed by atoms with Crippen LogP contribution in [-0.2, 0) is 0 Å². The van der Waals surface area contributed by atoms with Gasteiger partial charge in [-0.25, -0.2) is 0 Å². The van der Waals surface area contributed by atoms with E-state index in [1.807, 2.05) is 0 Å². The molecule has 1 heterocycles. The molecule has 38 valence electrons. The Morgan fingerprint density at radius 1 is 1.57 bits per heavy atom. The van der Waals surface area contributed by atoms with Gasteiger partial charge >= 0.3 is 0 Å². The minimum Gasteiger partial charge on any atom is -0.294 e. The Bertz CT molecular complexity index is 115. The van der Waals surface area contributed by atoms with Gasteiger partial charge in [-0.1, -0.05) is 0 Å². The molecule has 1 fully saturated rings. The molecule has 2 rings (SSSR count). The molecule has 7 heavy (non-hydrogen) atoms. The Morgan fingerprint density at radius 2 is 2.57 bits per heavy atom. The Kier molecular flexibility index (Phi) is 0.566. The quantitative estimate of drug-likeness (QED) is 0.429. The first-order chi connectivity index (χ1) is 3.45. The molecule has 1 aliphatic carbocycles. The highest BCUT2D eigenvalue weighted by Crippen LogP contribution is 2.28. The van der Waals surface area contributed by atoms with Crippen LogP contribution in [0, 0.1) is 5.92 Å². The zero-order chi connectivity index (χ0) is 4.69. The highest BCUT2D eigenvalue weighted by atomic mass is 14.8. The third kappa shape index (κ3) is 0.409. The fourth-order valence-electron chi connectivity index (χ4n) is 1.47. The molecule has 2 aliphatic rings. The van der Waals surface area contributed by atoms with Crippen molar-refractivity contribution in [3.05, 3.63) is 0 Å². The molecule has 0 N–H and O–H groups in total. The lowest BCUT2D eigenvalue weighted by Gasteiger charge is -1.98. The van der Waals surface area contributed by atoms with Crippen LogP contribution in [0.1, 0.15) is 19.3 Å². The van der Waals surface area contributed by atoms with Gasteiger partial charge in [0.2, 0.25) is 0 Å². The second kappa shape index (κ2) is 1.09. The van der Waals surface area contributed by atoms with E-state index in [2.05, 4.69) is 4.99 Å². The molecule has 2 bridgehead atoms. The molecule has 0 radical (unpaired) electrons. The summed E-state index contributed by atoms with van der Waals surface area (Å²) in [6.45, 7) is 1.15. The van der Waals surface area contributed by atoms with E-state index in [0.717, 1.165) is 12.5 Å². The van der Waals surface area contributed by atoms with Gasteiger partial charge in [0.05, 0.1) is 0 Å². The van der Waals surface area contributed by atoms with Crippen LogP contribution in [0.5, 0.6) is 0 Å². The molecular weight excluding hydrogens is 86.1 g/mol. The normalized spacial score (nSPS) is 36.6. The van der Waals surface area contributed by atoms with Gasteiger partial charge in [0, 0.05) is 12.3 Å². The van der Waals surface area contributed by atoms with E-state index < -0.39 is 0 Å². The molecule has 1 atom stereocenters. The fourth-order valence-corrected chi connectivity index (χ4v) is 1.47. The lowest BCUT2D eigenvalue weighted by molar-refractivity contribution is 0.583. The van der Waals surface area contributed by atoms with Crippen LogP contribution in [0.4, 0.5) is 0 Å². The van der Waals surface area contributed by atoms with Crippen molar-refractivity contribution in [2.75, 3.05) is 6.54 Å². The summed E-state index contributed by atoms with van der Waals surface area (Å²) in [4.78, 5) is 4.32. The van der Waals surface area contributed by atoms with Crippen molar-refractivity contribution in [1.82, 2.24) is 0 Å². The topological polar surface area (TPSA) is 12.4 Å². The molecule has 0 saturated heterocycles. The van der Waals surface area contributed by atoms with Gasteiger partial charge < -0.3 is 0 Å². The number of nitrogens with zero attached hydrogens (tertiary/aromatic N) is 1. The van der Waals surface area contributed by atoms with Crippen molar-refractivity contribution in [2.45, 2.75) is 19.3 Å². The molecule has 1 heteroatoms. The average molecular weight is 95.1 g/mol. The monoisotopic (exact) mass is 95.1 g/mol. The van der Waals surface area contributed by atoms with Crippen LogP contribution < -0.4 is 0 Å².